The number of nitrogens with zero attached hydrogens (tertiary/aromatic N) is 5. The molecule has 2 aromatic carbocycles. The summed E-state index contributed by atoms with van der Waals surface area (Å²) in [4.78, 5) is 23.8. The lowest BCUT2D eigenvalue weighted by Crippen LogP contribution is -2.37. The molecule has 9 heteroatoms. The number of hydrogen-bond acceptors (Lipinski definition) is 8. The van der Waals surface area contributed by atoms with Crippen molar-refractivity contribution in [1.82, 2.24) is 9.97 Å². The molecule has 2 heterocycles. The highest BCUT2D eigenvalue weighted by atomic mass is 16.5. The fraction of sp³-hybridized carbons (Fsp3) is 0.357. The number of hydrogen-bond donors (Lipinski definition) is 1. The largest absolute Gasteiger partial charge is 0.449 e. The molecule has 1 saturated heterocycles. The Bertz CT molecular complexity index is 1210. The first-order chi connectivity index (χ1) is 18.0. The molecule has 0 spiro atoms. The van der Waals surface area contributed by atoms with Gasteiger partial charge in [-0.15, -0.1) is 0 Å². The average molecular weight is 503 g/mol. The minimum Gasteiger partial charge on any atom is -0.449 e. The maximum absolute atomic E-state index is 12.1. The van der Waals surface area contributed by atoms with E-state index in [1.165, 1.54) is 5.56 Å². The van der Waals surface area contributed by atoms with Gasteiger partial charge in [0.1, 0.15) is 11.6 Å². The van der Waals surface area contributed by atoms with E-state index >= 15 is 0 Å². The van der Waals surface area contributed by atoms with Crippen molar-refractivity contribution in [3.8, 4) is 0 Å². The van der Waals surface area contributed by atoms with Gasteiger partial charge in [0.25, 0.3) is 0 Å². The number of aromatic nitrogens is 2. The van der Waals surface area contributed by atoms with E-state index in [1.807, 2.05) is 62.7 Å². The smallest absolute Gasteiger partial charge is 0.411 e. The maximum atomic E-state index is 12.1. The van der Waals surface area contributed by atoms with Crippen LogP contribution in [0.5, 0.6) is 0 Å². The average Bonchev–Trinajstić information content (AvgIpc) is 2.91. The monoisotopic (exact) mass is 502 g/mol. The van der Waals surface area contributed by atoms with Crippen LogP contribution >= 0.6 is 0 Å². The highest BCUT2D eigenvalue weighted by molar-refractivity contribution is 5.84. The zero-order chi connectivity index (χ0) is 26.0. The Hall–Kier alpha value is -3.98. The molecule has 194 valence electrons. The summed E-state index contributed by atoms with van der Waals surface area (Å²) >= 11 is 0. The lowest BCUT2D eigenvalue weighted by Gasteiger charge is -2.28. The van der Waals surface area contributed by atoms with Gasteiger partial charge in [-0.2, -0.15) is 5.10 Å². The number of rotatable bonds is 9. The van der Waals surface area contributed by atoms with Crippen LogP contribution in [-0.2, 0) is 15.9 Å². The third-order valence-corrected chi connectivity index (χ3v) is 5.91. The summed E-state index contributed by atoms with van der Waals surface area (Å²) in [5.74, 6) is 2.23. The van der Waals surface area contributed by atoms with Crippen LogP contribution in [0.4, 0.5) is 22.1 Å². The van der Waals surface area contributed by atoms with E-state index in [-0.39, 0.29) is 6.61 Å². The van der Waals surface area contributed by atoms with Crippen molar-refractivity contribution in [2.75, 3.05) is 55.2 Å². The molecule has 0 bridgehead atoms. The predicted molar refractivity (Wildman–Crippen MR) is 147 cm³/mol. The van der Waals surface area contributed by atoms with Crippen LogP contribution in [0.25, 0.3) is 0 Å². The van der Waals surface area contributed by atoms with Gasteiger partial charge in [0, 0.05) is 38.3 Å². The van der Waals surface area contributed by atoms with E-state index in [9.17, 15) is 4.79 Å². The van der Waals surface area contributed by atoms with Crippen molar-refractivity contribution in [2.24, 2.45) is 5.10 Å². The molecule has 0 radical (unpaired) electrons. The Morgan fingerprint density at radius 2 is 1.89 bits per heavy atom. The van der Waals surface area contributed by atoms with Crippen molar-refractivity contribution < 1.29 is 14.3 Å². The normalized spacial score (nSPS) is 13.5. The molecule has 0 aliphatic carbocycles. The van der Waals surface area contributed by atoms with Gasteiger partial charge in [-0.3, -0.25) is 10.3 Å². The van der Waals surface area contributed by atoms with E-state index < -0.39 is 6.09 Å². The van der Waals surface area contributed by atoms with E-state index in [2.05, 4.69) is 34.4 Å². The molecule has 9 nitrogen and oxygen atoms in total. The van der Waals surface area contributed by atoms with Gasteiger partial charge in [-0.05, 0) is 38.0 Å². The van der Waals surface area contributed by atoms with Crippen molar-refractivity contribution in [2.45, 2.75) is 26.7 Å². The van der Waals surface area contributed by atoms with Crippen molar-refractivity contribution in [3.63, 3.8) is 0 Å². The molecule has 4 rings (SSSR count). The molecule has 37 heavy (non-hydrogen) atoms. The quantitative estimate of drug-likeness (QED) is 0.260. The molecular formula is C28H34N6O3. The number of amides is 1. The number of morpholine rings is 1. The summed E-state index contributed by atoms with van der Waals surface area (Å²) in [6.45, 7) is 7.20. The second kappa shape index (κ2) is 12.8. The molecule has 0 saturated carbocycles. The maximum Gasteiger partial charge on any atom is 0.411 e. The first-order valence-electron chi connectivity index (χ1n) is 12.5. The molecule has 1 aliphatic rings. The second-order valence-corrected chi connectivity index (χ2v) is 9.01. The summed E-state index contributed by atoms with van der Waals surface area (Å²) in [6, 6.07) is 17.7. The minimum atomic E-state index is -0.474. The number of nitrogens with one attached hydrogen (secondary N) is 1. The van der Waals surface area contributed by atoms with Gasteiger partial charge in [0.2, 0.25) is 0 Å². The van der Waals surface area contributed by atoms with Crippen molar-refractivity contribution in [3.05, 3.63) is 77.1 Å². The Kier molecular flexibility index (Phi) is 9.04. The summed E-state index contributed by atoms with van der Waals surface area (Å²) in [5, 5.41) is 9.09. The van der Waals surface area contributed by atoms with Crippen LogP contribution in [0.3, 0.4) is 0 Å². The Balaban J connectivity index is 1.39. The van der Waals surface area contributed by atoms with Crippen molar-refractivity contribution in [1.29, 1.82) is 0 Å². The Morgan fingerprint density at radius 1 is 1.11 bits per heavy atom. The number of aryl methyl sites for hydroxylation is 3. The van der Waals surface area contributed by atoms with Crippen LogP contribution in [0, 0.1) is 13.8 Å². The molecule has 1 fully saturated rings. The third-order valence-electron chi connectivity index (χ3n) is 5.91. The highest BCUT2D eigenvalue weighted by Crippen LogP contribution is 2.21. The van der Waals surface area contributed by atoms with E-state index in [0.29, 0.717) is 43.4 Å². The fourth-order valence-electron chi connectivity index (χ4n) is 3.85. The number of benzene rings is 2. The summed E-state index contributed by atoms with van der Waals surface area (Å²) in [7, 11) is 1.88. The minimum absolute atomic E-state index is 0.263. The van der Waals surface area contributed by atoms with E-state index in [4.69, 9.17) is 19.4 Å². The molecule has 0 unspecified atom stereocenters. The topological polar surface area (TPSA) is 92.2 Å². The van der Waals surface area contributed by atoms with E-state index in [0.717, 1.165) is 30.0 Å². The first kappa shape index (κ1) is 26.1. The summed E-state index contributed by atoms with van der Waals surface area (Å²) < 4.78 is 10.9. The Labute approximate surface area is 218 Å². The fourth-order valence-corrected chi connectivity index (χ4v) is 3.85. The standard InChI is InChI=1S/C28H34N6O3/c1-21-9-11-24(12-10-21)30-28(35)37-15-5-8-25-31-26(19-27(32-25)34-13-16-36-17-14-34)33(3)29-20-23-7-4-6-22(2)18-23/h4,6-7,9-12,18-20H,5,8,13-17H2,1-3H3,(H,30,35). The molecule has 3 aromatic rings. The van der Waals surface area contributed by atoms with Crippen LogP contribution in [-0.4, -0.2) is 62.2 Å². The molecular weight excluding hydrogens is 468 g/mol. The van der Waals surface area contributed by atoms with Crippen molar-refractivity contribution >= 4 is 29.6 Å². The van der Waals surface area contributed by atoms with Gasteiger partial charge in [0.15, 0.2) is 5.82 Å². The number of ether oxygens (including phenoxy) is 2. The highest BCUT2D eigenvalue weighted by Gasteiger charge is 2.16. The zero-order valence-electron chi connectivity index (χ0n) is 21.7. The zero-order valence-corrected chi connectivity index (χ0v) is 21.7. The molecule has 1 aromatic heterocycles. The van der Waals surface area contributed by atoms with Crippen LogP contribution in [0.2, 0.25) is 0 Å². The molecule has 0 atom stereocenters. The number of carbonyl (C=O) groups is 1. The number of carbonyl (C=O) groups excluding carboxylic acids is 1. The van der Waals surface area contributed by atoms with Gasteiger partial charge in [0.05, 0.1) is 26.0 Å². The van der Waals surface area contributed by atoms with Crippen LogP contribution in [0.1, 0.15) is 28.9 Å². The van der Waals surface area contributed by atoms with Crippen LogP contribution in [0.15, 0.2) is 59.7 Å². The molecule has 1 aliphatic heterocycles. The third kappa shape index (κ3) is 8.01. The van der Waals surface area contributed by atoms with Gasteiger partial charge in [-0.25, -0.2) is 14.8 Å². The van der Waals surface area contributed by atoms with E-state index in [1.54, 1.807) is 5.01 Å². The van der Waals surface area contributed by atoms with Gasteiger partial charge in [-0.1, -0.05) is 47.5 Å². The lowest BCUT2D eigenvalue weighted by atomic mass is 10.2. The number of hydrazone groups is 1. The second-order valence-electron chi connectivity index (χ2n) is 9.01. The first-order valence-corrected chi connectivity index (χ1v) is 12.5. The summed E-state index contributed by atoms with van der Waals surface area (Å²) in [5.41, 5.74) is 4.04. The molecule has 1 amide bonds. The summed E-state index contributed by atoms with van der Waals surface area (Å²) in [6.07, 6.45) is 2.52. The lowest BCUT2D eigenvalue weighted by molar-refractivity contribution is 0.122. The van der Waals surface area contributed by atoms with Gasteiger partial charge < -0.3 is 14.4 Å². The van der Waals surface area contributed by atoms with Crippen LogP contribution < -0.4 is 15.2 Å². The number of anilines is 3. The Morgan fingerprint density at radius 3 is 2.65 bits per heavy atom. The molecule has 1 N–H and O–H groups in total. The predicted octanol–water partition coefficient (Wildman–Crippen LogP) is 4.58. The SMILES string of the molecule is Cc1ccc(NC(=O)OCCCc2nc(N3CCOCC3)cc(N(C)N=Cc3cccc(C)c3)n2)cc1. The van der Waals surface area contributed by atoms with Gasteiger partial charge >= 0.3 is 6.09 Å².